The highest BCUT2D eigenvalue weighted by Gasteiger charge is 2.01. The van der Waals surface area contributed by atoms with Crippen LogP contribution < -0.4 is 0 Å². The van der Waals surface area contributed by atoms with Crippen molar-refractivity contribution < 1.29 is 13.8 Å². The fourth-order valence-corrected chi connectivity index (χ4v) is 0.853. The van der Waals surface area contributed by atoms with Crippen molar-refractivity contribution in [3.05, 3.63) is 0 Å². The lowest BCUT2D eigenvalue weighted by Crippen LogP contribution is -1.88. The van der Waals surface area contributed by atoms with Crippen molar-refractivity contribution in [1.82, 2.24) is 0 Å². The van der Waals surface area contributed by atoms with Gasteiger partial charge in [-0.05, 0) is 0 Å². The Balaban J connectivity index is 3.20. The second-order valence-corrected chi connectivity index (χ2v) is 2.81. The Hall–Kier alpha value is 0.0200. The second-order valence-electron chi connectivity index (χ2n) is 1.05. The fourth-order valence-electron chi connectivity index (χ4n) is 0.284. The Kier molecular flexibility index (Phi) is 5.18. The van der Waals surface area contributed by atoms with Gasteiger partial charge in [0.2, 0.25) is 0 Å². The summed E-state index contributed by atoms with van der Waals surface area (Å²) in [6.45, 7) is 0. The summed E-state index contributed by atoms with van der Waals surface area (Å²) in [4.78, 5) is 9.79. The van der Waals surface area contributed by atoms with Crippen molar-refractivity contribution in [2.75, 3.05) is 20.4 Å². The zero-order chi connectivity index (χ0) is 6.41. The van der Waals surface area contributed by atoms with E-state index in [4.69, 9.17) is 9.05 Å². The third-order valence-corrected chi connectivity index (χ3v) is 1.89. The zero-order valence-electron chi connectivity index (χ0n) is 4.96. The quantitative estimate of drug-likeness (QED) is 0.423. The van der Waals surface area contributed by atoms with Gasteiger partial charge in [0.25, 0.3) is 0 Å². The molecule has 48 valence electrons. The van der Waals surface area contributed by atoms with Crippen LogP contribution >= 0.6 is 8.38 Å². The smallest absolute Gasteiger partial charge is 0.177 e. The van der Waals surface area contributed by atoms with Gasteiger partial charge in [0.1, 0.15) is 6.29 Å². The number of hydrogen-bond acceptors (Lipinski definition) is 3. The molecule has 0 atom stereocenters. The van der Waals surface area contributed by atoms with Crippen LogP contribution in [-0.4, -0.2) is 26.7 Å². The van der Waals surface area contributed by atoms with Gasteiger partial charge in [-0.25, -0.2) is 0 Å². The van der Waals surface area contributed by atoms with Crippen molar-refractivity contribution >= 4 is 14.7 Å². The number of aldehydes is 1. The third-order valence-electron chi connectivity index (χ3n) is 0.631. The first kappa shape index (κ1) is 8.02. The molecule has 0 aliphatic rings. The van der Waals surface area contributed by atoms with Crippen molar-refractivity contribution in [3.8, 4) is 0 Å². The molecule has 0 aliphatic heterocycles. The van der Waals surface area contributed by atoms with Crippen molar-refractivity contribution in [2.24, 2.45) is 0 Å². The summed E-state index contributed by atoms with van der Waals surface area (Å²) in [6, 6.07) is 0. The van der Waals surface area contributed by atoms with E-state index in [0.29, 0.717) is 6.16 Å². The van der Waals surface area contributed by atoms with Crippen molar-refractivity contribution in [3.63, 3.8) is 0 Å². The lowest BCUT2D eigenvalue weighted by atomic mass is 10.9. The van der Waals surface area contributed by atoms with Crippen LogP contribution in [0.2, 0.25) is 0 Å². The molecule has 8 heavy (non-hydrogen) atoms. The van der Waals surface area contributed by atoms with Gasteiger partial charge in [-0.15, -0.1) is 0 Å². The summed E-state index contributed by atoms with van der Waals surface area (Å²) < 4.78 is 9.50. The molecule has 0 saturated carbocycles. The van der Waals surface area contributed by atoms with Gasteiger partial charge in [0, 0.05) is 14.2 Å². The van der Waals surface area contributed by atoms with E-state index in [1.807, 2.05) is 0 Å². The molecule has 0 aromatic heterocycles. The normalized spacial score (nSPS) is 9.88. The molecule has 0 fully saturated rings. The molecular weight excluding hydrogens is 127 g/mol. The van der Waals surface area contributed by atoms with E-state index < -0.39 is 8.38 Å². The van der Waals surface area contributed by atoms with E-state index in [1.165, 1.54) is 14.2 Å². The predicted molar refractivity (Wildman–Crippen MR) is 31.9 cm³/mol. The highest BCUT2D eigenvalue weighted by Crippen LogP contribution is 2.33. The summed E-state index contributed by atoms with van der Waals surface area (Å²) in [5.74, 6) is 0. The molecule has 0 spiro atoms. The maximum atomic E-state index is 9.79. The summed E-state index contributed by atoms with van der Waals surface area (Å²) in [5, 5.41) is 0. The van der Waals surface area contributed by atoms with Crippen molar-refractivity contribution in [2.45, 2.75) is 0 Å². The maximum absolute atomic E-state index is 9.79. The number of rotatable bonds is 4. The summed E-state index contributed by atoms with van der Waals surface area (Å²) >= 11 is 0. The SMILES string of the molecule is COP(CC=O)OC. The van der Waals surface area contributed by atoms with Crippen LogP contribution in [0, 0.1) is 0 Å². The van der Waals surface area contributed by atoms with Crippen LogP contribution in [-0.2, 0) is 13.8 Å². The van der Waals surface area contributed by atoms with E-state index in [-0.39, 0.29) is 0 Å². The van der Waals surface area contributed by atoms with Crippen LogP contribution in [0.4, 0.5) is 0 Å². The third kappa shape index (κ3) is 3.08. The number of carbonyl (C=O) groups excluding carboxylic acids is 1. The lowest BCUT2D eigenvalue weighted by Gasteiger charge is -2.06. The molecule has 0 aromatic carbocycles. The minimum atomic E-state index is -0.924. The Morgan fingerprint density at radius 2 is 2.00 bits per heavy atom. The minimum Gasteiger partial charge on any atom is -0.337 e. The van der Waals surface area contributed by atoms with Crippen LogP contribution in [0.5, 0.6) is 0 Å². The molecule has 3 nitrogen and oxygen atoms in total. The standard InChI is InChI=1S/C4H9O3P/c1-6-8(7-2)4-3-5/h3H,4H2,1-2H3. The molecule has 0 aromatic rings. The first-order chi connectivity index (χ1) is 3.85. The van der Waals surface area contributed by atoms with Gasteiger partial charge in [-0.1, -0.05) is 0 Å². The summed E-state index contributed by atoms with van der Waals surface area (Å²) in [5.41, 5.74) is 0. The van der Waals surface area contributed by atoms with Crippen LogP contribution in [0.25, 0.3) is 0 Å². The Morgan fingerprint density at radius 1 is 1.50 bits per heavy atom. The molecule has 0 amide bonds. The summed E-state index contributed by atoms with van der Waals surface area (Å²) in [7, 11) is 2.13. The second kappa shape index (κ2) is 5.16. The Labute approximate surface area is 49.9 Å². The van der Waals surface area contributed by atoms with Gasteiger partial charge in [-0.3, -0.25) is 0 Å². The van der Waals surface area contributed by atoms with Gasteiger partial charge in [-0.2, -0.15) is 0 Å². The molecule has 0 rings (SSSR count). The molecule has 0 radical (unpaired) electrons. The first-order valence-electron chi connectivity index (χ1n) is 2.14. The van der Waals surface area contributed by atoms with Gasteiger partial charge < -0.3 is 13.8 Å². The topological polar surface area (TPSA) is 35.5 Å². The Morgan fingerprint density at radius 3 is 2.12 bits per heavy atom. The average molecular weight is 136 g/mol. The maximum Gasteiger partial charge on any atom is 0.177 e. The largest absolute Gasteiger partial charge is 0.337 e. The molecule has 0 unspecified atom stereocenters. The van der Waals surface area contributed by atoms with E-state index in [1.54, 1.807) is 0 Å². The summed E-state index contributed by atoms with van der Waals surface area (Å²) in [6.07, 6.45) is 1.15. The Bertz CT molecular complexity index is 62.3. The van der Waals surface area contributed by atoms with Gasteiger partial charge in [0.05, 0.1) is 6.16 Å². The molecule has 0 heterocycles. The van der Waals surface area contributed by atoms with Crippen LogP contribution in [0.1, 0.15) is 0 Å². The average Bonchev–Trinajstić information content (AvgIpc) is 1.83. The number of hydrogen-bond donors (Lipinski definition) is 0. The molecule has 0 saturated heterocycles. The highest BCUT2D eigenvalue weighted by molar-refractivity contribution is 7.48. The van der Waals surface area contributed by atoms with Gasteiger partial charge >= 0.3 is 0 Å². The minimum absolute atomic E-state index is 0.363. The molecule has 0 aliphatic carbocycles. The van der Waals surface area contributed by atoms with E-state index in [9.17, 15) is 4.79 Å². The van der Waals surface area contributed by atoms with Crippen LogP contribution in [0.15, 0.2) is 0 Å². The first-order valence-corrected chi connectivity index (χ1v) is 3.50. The number of carbonyl (C=O) groups is 1. The van der Waals surface area contributed by atoms with Gasteiger partial charge in [0.15, 0.2) is 8.38 Å². The molecule has 0 N–H and O–H groups in total. The van der Waals surface area contributed by atoms with E-state index >= 15 is 0 Å². The van der Waals surface area contributed by atoms with Crippen molar-refractivity contribution in [1.29, 1.82) is 0 Å². The monoisotopic (exact) mass is 136 g/mol. The lowest BCUT2D eigenvalue weighted by molar-refractivity contribution is -0.105. The van der Waals surface area contributed by atoms with E-state index in [0.717, 1.165) is 6.29 Å². The molecule has 4 heteroatoms. The van der Waals surface area contributed by atoms with Crippen LogP contribution in [0.3, 0.4) is 0 Å². The molecule has 0 bridgehead atoms. The highest BCUT2D eigenvalue weighted by atomic mass is 31.2. The predicted octanol–water partition coefficient (Wildman–Crippen LogP) is 0.790. The van der Waals surface area contributed by atoms with E-state index in [2.05, 4.69) is 0 Å². The molecular formula is C4H9O3P. The zero-order valence-corrected chi connectivity index (χ0v) is 5.85. The fraction of sp³-hybridized carbons (Fsp3) is 0.750.